The zero-order valence-electron chi connectivity index (χ0n) is 16.3. The molecule has 0 bridgehead atoms. The van der Waals surface area contributed by atoms with Crippen molar-refractivity contribution in [1.82, 2.24) is 9.97 Å². The standard InChI is InChI=1S/C21H21N3O3S2/c1-11(19(25)24-13-7-8-15-16(9-13)27-10-26-15)28-20-18-14-5-3-4-6-17(14)29-21(18)23-12(2)22-20/h7-9,11H,3-6,10H2,1-2H3,(H,24,25)/t11-/m1/s1. The smallest absolute Gasteiger partial charge is 0.237 e. The number of thioether (sulfide) groups is 1. The maximum absolute atomic E-state index is 12.8. The van der Waals surface area contributed by atoms with E-state index in [1.54, 1.807) is 17.4 Å². The summed E-state index contributed by atoms with van der Waals surface area (Å²) in [6.07, 6.45) is 4.65. The number of aryl methyl sites for hydroxylation is 3. The van der Waals surface area contributed by atoms with Gasteiger partial charge in [0, 0.05) is 22.0 Å². The predicted molar refractivity (Wildman–Crippen MR) is 115 cm³/mol. The van der Waals surface area contributed by atoms with Gasteiger partial charge in [-0.15, -0.1) is 11.3 Å². The first kappa shape index (κ1) is 18.7. The van der Waals surface area contributed by atoms with Gasteiger partial charge in [-0.3, -0.25) is 4.79 Å². The van der Waals surface area contributed by atoms with E-state index in [1.807, 2.05) is 26.0 Å². The lowest BCUT2D eigenvalue weighted by Crippen LogP contribution is -2.22. The van der Waals surface area contributed by atoms with Gasteiger partial charge in [0.2, 0.25) is 12.7 Å². The Kier molecular flexibility index (Phi) is 4.83. The van der Waals surface area contributed by atoms with Crippen LogP contribution in [-0.4, -0.2) is 27.9 Å². The number of hydrogen-bond acceptors (Lipinski definition) is 7. The average molecular weight is 428 g/mol. The number of hydrogen-bond donors (Lipinski definition) is 1. The molecule has 3 aromatic rings. The Bertz CT molecular complexity index is 1110. The fourth-order valence-electron chi connectivity index (χ4n) is 3.75. The largest absolute Gasteiger partial charge is 0.454 e. The monoisotopic (exact) mass is 427 g/mol. The third-order valence-corrected chi connectivity index (χ3v) is 7.46. The van der Waals surface area contributed by atoms with Crippen LogP contribution in [0.1, 0.15) is 36.0 Å². The maximum Gasteiger partial charge on any atom is 0.237 e. The van der Waals surface area contributed by atoms with Crippen molar-refractivity contribution in [2.45, 2.75) is 49.8 Å². The van der Waals surface area contributed by atoms with Gasteiger partial charge in [-0.25, -0.2) is 9.97 Å². The van der Waals surface area contributed by atoms with Crippen LogP contribution in [0.25, 0.3) is 10.2 Å². The molecule has 0 fully saturated rings. The van der Waals surface area contributed by atoms with Crippen molar-refractivity contribution in [1.29, 1.82) is 0 Å². The molecule has 1 aromatic carbocycles. The summed E-state index contributed by atoms with van der Waals surface area (Å²) in [4.78, 5) is 24.7. The molecule has 1 aliphatic heterocycles. The van der Waals surface area contributed by atoms with Gasteiger partial charge < -0.3 is 14.8 Å². The molecular formula is C21H21N3O3S2. The SMILES string of the molecule is Cc1nc(S[C@H](C)C(=O)Nc2ccc3c(c2)OCO3)c2c3c(sc2n1)CCCC3. The Morgan fingerprint density at radius 2 is 2.03 bits per heavy atom. The molecule has 5 rings (SSSR count). The molecular weight excluding hydrogens is 406 g/mol. The van der Waals surface area contributed by atoms with Crippen molar-refractivity contribution in [3.05, 3.63) is 34.5 Å². The Balaban J connectivity index is 1.38. The second-order valence-corrected chi connectivity index (χ2v) is 9.70. The van der Waals surface area contributed by atoms with Crippen molar-refractivity contribution >= 4 is 44.9 Å². The second-order valence-electron chi connectivity index (χ2n) is 7.28. The minimum atomic E-state index is -0.294. The van der Waals surface area contributed by atoms with Gasteiger partial charge in [0.05, 0.1) is 5.25 Å². The summed E-state index contributed by atoms with van der Waals surface area (Å²) in [5.74, 6) is 2.04. The van der Waals surface area contributed by atoms with E-state index < -0.39 is 0 Å². The van der Waals surface area contributed by atoms with Crippen molar-refractivity contribution < 1.29 is 14.3 Å². The minimum absolute atomic E-state index is 0.0672. The molecule has 0 radical (unpaired) electrons. The molecule has 0 unspecified atom stereocenters. The number of carbonyl (C=O) groups excluding carboxylic acids is 1. The van der Waals surface area contributed by atoms with E-state index in [0.717, 1.165) is 33.9 Å². The molecule has 0 spiro atoms. The number of ether oxygens (including phenoxy) is 2. The van der Waals surface area contributed by atoms with Crippen LogP contribution in [0.3, 0.4) is 0 Å². The van der Waals surface area contributed by atoms with E-state index in [1.165, 1.54) is 35.0 Å². The van der Waals surface area contributed by atoms with Crippen LogP contribution in [0.5, 0.6) is 11.5 Å². The minimum Gasteiger partial charge on any atom is -0.454 e. The van der Waals surface area contributed by atoms with Gasteiger partial charge in [0.25, 0.3) is 0 Å². The summed E-state index contributed by atoms with van der Waals surface area (Å²) >= 11 is 3.29. The number of carbonyl (C=O) groups is 1. The fourth-order valence-corrected chi connectivity index (χ4v) is 6.14. The second kappa shape index (κ2) is 7.50. The third-order valence-electron chi connectivity index (χ3n) is 5.19. The van der Waals surface area contributed by atoms with Gasteiger partial charge in [-0.1, -0.05) is 11.8 Å². The molecule has 3 heterocycles. The molecule has 1 amide bonds. The molecule has 6 nitrogen and oxygen atoms in total. The molecule has 0 saturated heterocycles. The van der Waals surface area contributed by atoms with E-state index >= 15 is 0 Å². The zero-order chi connectivity index (χ0) is 20.0. The van der Waals surface area contributed by atoms with E-state index in [4.69, 9.17) is 14.5 Å². The lowest BCUT2D eigenvalue weighted by Gasteiger charge is -2.15. The number of anilines is 1. The number of benzene rings is 1. The van der Waals surface area contributed by atoms with E-state index in [-0.39, 0.29) is 18.0 Å². The van der Waals surface area contributed by atoms with Crippen LogP contribution in [0.2, 0.25) is 0 Å². The highest BCUT2D eigenvalue weighted by Crippen LogP contribution is 2.41. The van der Waals surface area contributed by atoms with E-state index in [0.29, 0.717) is 17.2 Å². The third kappa shape index (κ3) is 3.55. The van der Waals surface area contributed by atoms with Crippen molar-refractivity contribution in [2.24, 2.45) is 0 Å². The Hall–Kier alpha value is -2.32. The Morgan fingerprint density at radius 3 is 2.93 bits per heavy atom. The van der Waals surface area contributed by atoms with Crippen molar-refractivity contribution in [3.63, 3.8) is 0 Å². The molecule has 29 heavy (non-hydrogen) atoms. The highest BCUT2D eigenvalue weighted by molar-refractivity contribution is 8.00. The van der Waals surface area contributed by atoms with Gasteiger partial charge in [0.1, 0.15) is 15.7 Å². The predicted octanol–water partition coefficient (Wildman–Crippen LogP) is 4.73. The number of thiophene rings is 1. The van der Waals surface area contributed by atoms with Gasteiger partial charge in [-0.05, 0) is 57.2 Å². The van der Waals surface area contributed by atoms with Crippen LogP contribution in [0.15, 0.2) is 23.2 Å². The molecule has 2 aromatic heterocycles. The Labute approximate surface area is 177 Å². The van der Waals surface area contributed by atoms with Crippen LogP contribution in [0, 0.1) is 6.92 Å². The topological polar surface area (TPSA) is 73.3 Å². The number of nitrogens with one attached hydrogen (secondary N) is 1. The van der Waals surface area contributed by atoms with Crippen molar-refractivity contribution in [2.75, 3.05) is 12.1 Å². The van der Waals surface area contributed by atoms with Crippen LogP contribution in [0.4, 0.5) is 5.69 Å². The highest BCUT2D eigenvalue weighted by atomic mass is 32.2. The van der Waals surface area contributed by atoms with Gasteiger partial charge >= 0.3 is 0 Å². The van der Waals surface area contributed by atoms with E-state index in [9.17, 15) is 4.79 Å². The molecule has 150 valence electrons. The number of amides is 1. The summed E-state index contributed by atoms with van der Waals surface area (Å²) in [5, 5.41) is 4.75. The first-order valence-corrected chi connectivity index (χ1v) is 11.4. The molecule has 0 saturated carbocycles. The lowest BCUT2D eigenvalue weighted by molar-refractivity contribution is -0.115. The summed E-state index contributed by atoms with van der Waals surface area (Å²) in [6, 6.07) is 5.43. The number of fused-ring (bicyclic) bond motifs is 4. The number of aromatic nitrogens is 2. The normalized spacial score (nSPS) is 15.9. The maximum atomic E-state index is 12.8. The fraction of sp³-hybridized carbons (Fsp3) is 0.381. The lowest BCUT2D eigenvalue weighted by atomic mass is 9.97. The van der Waals surface area contributed by atoms with Crippen molar-refractivity contribution in [3.8, 4) is 11.5 Å². The molecule has 1 aliphatic carbocycles. The average Bonchev–Trinajstić information content (AvgIpc) is 3.31. The van der Waals surface area contributed by atoms with E-state index in [2.05, 4.69) is 10.3 Å². The number of nitrogens with zero attached hydrogens (tertiary/aromatic N) is 2. The summed E-state index contributed by atoms with van der Waals surface area (Å²) in [6.45, 7) is 4.04. The molecule has 2 aliphatic rings. The van der Waals surface area contributed by atoms with Gasteiger partial charge in [0.15, 0.2) is 11.5 Å². The zero-order valence-corrected chi connectivity index (χ0v) is 17.9. The summed E-state index contributed by atoms with van der Waals surface area (Å²) in [5.41, 5.74) is 2.09. The summed E-state index contributed by atoms with van der Waals surface area (Å²) < 4.78 is 10.7. The first-order valence-electron chi connectivity index (χ1n) is 9.74. The number of rotatable bonds is 4. The quantitative estimate of drug-likeness (QED) is 0.479. The first-order chi connectivity index (χ1) is 14.1. The molecule has 1 atom stereocenters. The van der Waals surface area contributed by atoms with Crippen LogP contribution < -0.4 is 14.8 Å². The van der Waals surface area contributed by atoms with Gasteiger partial charge in [-0.2, -0.15) is 0 Å². The Morgan fingerprint density at radius 1 is 1.21 bits per heavy atom. The highest BCUT2D eigenvalue weighted by Gasteiger charge is 2.24. The molecule has 8 heteroatoms. The van der Waals surface area contributed by atoms with Crippen LogP contribution >= 0.6 is 23.1 Å². The molecule has 1 N–H and O–H groups in total. The van der Waals surface area contributed by atoms with Crippen LogP contribution in [-0.2, 0) is 17.6 Å². The summed E-state index contributed by atoms with van der Waals surface area (Å²) in [7, 11) is 0.